The Labute approximate surface area is 42.9 Å². The van der Waals surface area contributed by atoms with Crippen LogP contribution in [0.2, 0.25) is 0 Å². The van der Waals surface area contributed by atoms with Crippen molar-refractivity contribution in [1.29, 1.82) is 0 Å². The smallest absolute Gasteiger partial charge is 0 e. The van der Waals surface area contributed by atoms with Gasteiger partial charge in [-0.15, -0.1) is 0 Å². The molecule has 0 amide bonds. The average Bonchev–Trinajstić information content (AvgIpc) is 0.811. The van der Waals surface area contributed by atoms with Crippen LogP contribution in [0.4, 0.5) is 10.7 Å². The Morgan fingerprint density at radius 2 is 1.00 bits per heavy atom. The summed E-state index contributed by atoms with van der Waals surface area (Å²) in [6, 6.07) is 0. The molecule has 0 unspecified atom stereocenters. The molecule has 0 aromatic heterocycles. The first-order valence-corrected chi connectivity index (χ1v) is 1.65. The minimum atomic E-state index is -4.25. The quantitative estimate of drug-likeness (QED) is 0.482. The fourth-order valence-electron chi connectivity index (χ4n) is 0. The molecular weight excluding hydrogens is 172 g/mol. The largest absolute Gasteiger partial charge is 0 e. The second kappa shape index (κ2) is 4.80. The minimum Gasteiger partial charge on any atom is 0 e. The second-order valence-corrected chi connectivity index (χ2v) is 0.625. The minimum absolute atomic E-state index is 0. The maximum atomic E-state index is 9.75. The van der Waals surface area contributed by atoms with Gasteiger partial charge in [-0.1, -0.05) is 0 Å². The van der Waals surface area contributed by atoms with Gasteiger partial charge in [0.25, 0.3) is 0 Å². The molecule has 0 bridgehead atoms. The Hall–Kier alpha value is 0.803. The zero-order chi connectivity index (χ0) is 3.58. The molecule has 0 heterocycles. The van der Waals surface area contributed by atoms with E-state index in [1.165, 1.54) is 0 Å². The van der Waals surface area contributed by atoms with Gasteiger partial charge >= 0.3 is 25.9 Å². The Balaban J connectivity index is 0. The number of hydrogen-bond acceptors (Lipinski definition) is 0. The van der Waals surface area contributed by atoms with E-state index in [2.05, 4.69) is 0 Å². The van der Waals surface area contributed by atoms with E-state index in [0.717, 1.165) is 0 Å². The summed E-state index contributed by atoms with van der Waals surface area (Å²) < 4.78 is 29.2. The van der Waals surface area contributed by atoms with Crippen LogP contribution in [0.15, 0.2) is 0 Å². The van der Waals surface area contributed by atoms with Gasteiger partial charge in [0.15, 0.2) is 0 Å². The summed E-state index contributed by atoms with van der Waals surface area (Å²) >= 11 is -4.25. The van der Waals surface area contributed by atoms with Crippen LogP contribution in [0.1, 0.15) is 0 Å². The Morgan fingerprint density at radius 3 is 1.00 bits per heavy atom. The summed E-state index contributed by atoms with van der Waals surface area (Å²) in [6.07, 6.45) is 0. The third-order valence-corrected chi connectivity index (χ3v) is 0. The first-order chi connectivity index (χ1) is 1.73. The van der Waals surface area contributed by atoms with E-state index < -0.39 is 15.3 Å². The summed E-state index contributed by atoms with van der Waals surface area (Å²) in [5, 5.41) is 0. The van der Waals surface area contributed by atoms with Crippen molar-refractivity contribution in [2.45, 2.75) is 0 Å². The van der Waals surface area contributed by atoms with Crippen molar-refractivity contribution in [1.82, 2.24) is 0 Å². The van der Waals surface area contributed by atoms with Crippen molar-refractivity contribution in [3.05, 3.63) is 0 Å². The van der Waals surface area contributed by atoms with Gasteiger partial charge in [0.2, 0.25) is 0 Å². The van der Waals surface area contributed by atoms with E-state index in [-0.39, 0.29) is 16.5 Å². The zero-order valence-electron chi connectivity index (χ0n) is 1.80. The molecule has 0 aromatic rings. The topological polar surface area (TPSA) is 0 Å². The molecule has 0 N–H and O–H groups in total. The summed E-state index contributed by atoms with van der Waals surface area (Å²) in [5.41, 5.74) is 0. The fraction of sp³-hybridized carbons (Fsp3) is 0. The SMILES string of the molecule is [F][Fe]([F])[F].[Ni]. The second-order valence-electron chi connectivity index (χ2n) is 0.152. The Morgan fingerprint density at radius 1 is 1.00 bits per heavy atom. The maximum absolute atomic E-state index is 9.75. The summed E-state index contributed by atoms with van der Waals surface area (Å²) in [5.74, 6) is 0. The molecule has 0 spiro atoms. The van der Waals surface area contributed by atoms with Crippen molar-refractivity contribution in [3.63, 3.8) is 0 Å². The number of halogens is 3. The van der Waals surface area contributed by atoms with Gasteiger partial charge in [-0.2, -0.15) is 0 Å². The normalized spacial score (nSPS) is 9.00. The van der Waals surface area contributed by atoms with Gasteiger partial charge in [-0.05, 0) is 0 Å². The van der Waals surface area contributed by atoms with E-state index in [1.807, 2.05) is 0 Å². The van der Waals surface area contributed by atoms with E-state index in [9.17, 15) is 10.7 Å². The van der Waals surface area contributed by atoms with Crippen molar-refractivity contribution < 1.29 is 42.4 Å². The molecule has 0 aliphatic rings. The molecule has 39 valence electrons. The van der Waals surface area contributed by atoms with E-state index in [0.29, 0.717) is 0 Å². The van der Waals surface area contributed by atoms with Gasteiger partial charge in [-0.25, -0.2) is 0 Å². The molecule has 0 fully saturated rings. The third-order valence-electron chi connectivity index (χ3n) is 0. The molecule has 0 nitrogen and oxygen atoms in total. The van der Waals surface area contributed by atoms with Crippen LogP contribution < -0.4 is 0 Å². The maximum Gasteiger partial charge on any atom is 0 e. The van der Waals surface area contributed by atoms with Crippen LogP contribution in [-0.4, -0.2) is 0 Å². The van der Waals surface area contributed by atoms with Crippen LogP contribution >= 0.6 is 0 Å². The molecule has 0 rings (SSSR count). The third kappa shape index (κ3) is 58.5. The molecule has 0 aromatic carbocycles. The van der Waals surface area contributed by atoms with Gasteiger partial charge in [0, 0.05) is 16.5 Å². The van der Waals surface area contributed by atoms with E-state index in [4.69, 9.17) is 0 Å². The molecule has 5 heavy (non-hydrogen) atoms. The predicted molar refractivity (Wildman–Crippen MR) is 3.32 cm³/mol. The predicted octanol–water partition coefficient (Wildman–Crippen LogP) is 1.26. The molecule has 5 heteroatoms. The molecule has 0 radical (unpaired) electrons. The summed E-state index contributed by atoms with van der Waals surface area (Å²) in [4.78, 5) is 0. The Bertz CT molecular complexity index is 11.6. The average molecular weight is 172 g/mol. The van der Waals surface area contributed by atoms with Gasteiger partial charge in [0.1, 0.15) is 0 Å². The van der Waals surface area contributed by atoms with Crippen molar-refractivity contribution in [3.8, 4) is 0 Å². The van der Waals surface area contributed by atoms with Crippen molar-refractivity contribution >= 4 is 0 Å². The van der Waals surface area contributed by atoms with Gasteiger partial charge in [0.05, 0.1) is 0 Å². The Kier molecular flexibility index (Phi) is 8.89. The van der Waals surface area contributed by atoms with Gasteiger partial charge < -0.3 is 0 Å². The molecular formula is F3FeNi. The van der Waals surface area contributed by atoms with Crippen molar-refractivity contribution in [2.24, 2.45) is 0 Å². The number of hydrogen-bond donors (Lipinski definition) is 0. The van der Waals surface area contributed by atoms with E-state index >= 15 is 0 Å². The molecule has 0 saturated carbocycles. The summed E-state index contributed by atoms with van der Waals surface area (Å²) in [7, 11) is 0. The molecule has 0 aliphatic carbocycles. The van der Waals surface area contributed by atoms with Crippen LogP contribution in [0.25, 0.3) is 0 Å². The van der Waals surface area contributed by atoms with Gasteiger partial charge in [-0.3, -0.25) is 0 Å². The van der Waals surface area contributed by atoms with E-state index in [1.54, 1.807) is 0 Å². The van der Waals surface area contributed by atoms with Crippen LogP contribution in [0.5, 0.6) is 0 Å². The first kappa shape index (κ1) is 9.26. The monoisotopic (exact) mass is 171 g/mol. The fourth-order valence-corrected chi connectivity index (χ4v) is 0. The van der Waals surface area contributed by atoms with Crippen LogP contribution in [-0.2, 0) is 31.8 Å². The first-order valence-electron chi connectivity index (χ1n) is 0.401. The van der Waals surface area contributed by atoms with Crippen LogP contribution in [0.3, 0.4) is 0 Å². The molecule has 0 saturated heterocycles. The summed E-state index contributed by atoms with van der Waals surface area (Å²) in [6.45, 7) is 0. The number of rotatable bonds is 0. The van der Waals surface area contributed by atoms with Crippen molar-refractivity contribution in [2.75, 3.05) is 0 Å². The molecule has 0 atom stereocenters. The standard InChI is InChI=1S/3FH.Fe.Ni/h3*1H;;/q;;;+3;/p-3. The zero-order valence-corrected chi connectivity index (χ0v) is 3.90. The molecule has 0 aliphatic heterocycles. The van der Waals surface area contributed by atoms with Crippen LogP contribution in [0, 0.1) is 0 Å².